The molecule has 104 valence electrons. The molecule has 0 saturated carbocycles. The van der Waals surface area contributed by atoms with E-state index in [-0.39, 0.29) is 37.7 Å². The average Bonchev–Trinajstić information content (AvgIpc) is 2.62. The van der Waals surface area contributed by atoms with Gasteiger partial charge in [-0.15, -0.1) is 0 Å². The predicted octanol–water partition coefficient (Wildman–Crippen LogP) is -1.16. The third-order valence-electron chi connectivity index (χ3n) is 2.85. The Morgan fingerprint density at radius 2 is 2.26 bits per heavy atom. The summed E-state index contributed by atoms with van der Waals surface area (Å²) in [5.74, 6) is -1.97. The van der Waals surface area contributed by atoms with Crippen LogP contribution in [0.15, 0.2) is 11.8 Å². The maximum atomic E-state index is 11.3. The normalized spacial score (nSPS) is 26.7. The van der Waals surface area contributed by atoms with Gasteiger partial charge in [-0.25, -0.2) is 4.79 Å². The van der Waals surface area contributed by atoms with Crippen LogP contribution in [-0.4, -0.2) is 58.4 Å². The van der Waals surface area contributed by atoms with Crippen molar-refractivity contribution in [2.45, 2.75) is 25.1 Å². The third-order valence-corrected chi connectivity index (χ3v) is 2.85. The Morgan fingerprint density at radius 1 is 1.53 bits per heavy atom. The lowest BCUT2D eigenvalue weighted by Crippen LogP contribution is -2.54. The minimum Gasteiger partial charge on any atom is -0.479 e. The van der Waals surface area contributed by atoms with Gasteiger partial charge < -0.3 is 19.7 Å². The van der Waals surface area contributed by atoms with Crippen LogP contribution in [0.1, 0.15) is 12.8 Å². The Bertz CT molecular complexity index is 444. The molecule has 0 aliphatic carbocycles. The van der Waals surface area contributed by atoms with Crippen LogP contribution in [0, 0.1) is 0 Å². The third kappa shape index (κ3) is 2.53. The van der Waals surface area contributed by atoms with E-state index in [1.165, 1.54) is 6.08 Å². The zero-order chi connectivity index (χ0) is 14.0. The van der Waals surface area contributed by atoms with Gasteiger partial charge in [-0.3, -0.25) is 14.5 Å². The van der Waals surface area contributed by atoms with Crippen LogP contribution >= 0.6 is 0 Å². The number of hydrogen-bond acceptors (Lipinski definition) is 6. The van der Waals surface area contributed by atoms with Gasteiger partial charge >= 0.3 is 11.9 Å². The first kappa shape index (κ1) is 13.3. The summed E-state index contributed by atoms with van der Waals surface area (Å²) in [6, 6.07) is -1.15. The van der Waals surface area contributed by atoms with Crippen molar-refractivity contribution in [3.8, 4) is 0 Å². The second kappa shape index (κ2) is 5.27. The van der Waals surface area contributed by atoms with Crippen molar-refractivity contribution in [1.29, 1.82) is 0 Å². The van der Waals surface area contributed by atoms with E-state index in [4.69, 9.17) is 19.7 Å². The predicted molar refractivity (Wildman–Crippen MR) is 58.5 cm³/mol. The summed E-state index contributed by atoms with van der Waals surface area (Å²) < 4.78 is 10.0. The number of ether oxygens (including phenoxy) is 2. The highest BCUT2D eigenvalue weighted by Crippen LogP contribution is 2.36. The topological polar surface area (TPSA) is 113 Å². The van der Waals surface area contributed by atoms with Crippen LogP contribution in [0.5, 0.6) is 0 Å². The van der Waals surface area contributed by atoms with E-state index < -0.39 is 24.2 Å². The molecule has 8 heteroatoms. The van der Waals surface area contributed by atoms with Crippen LogP contribution in [-0.2, 0) is 23.9 Å². The van der Waals surface area contributed by atoms with E-state index in [9.17, 15) is 14.4 Å². The van der Waals surface area contributed by atoms with E-state index in [0.29, 0.717) is 0 Å². The number of amides is 1. The summed E-state index contributed by atoms with van der Waals surface area (Å²) in [5.41, 5.74) is 0. The monoisotopic (exact) mass is 271 g/mol. The summed E-state index contributed by atoms with van der Waals surface area (Å²) in [6.07, 6.45) is 0.818. The lowest BCUT2D eigenvalue weighted by atomic mass is 10.1. The van der Waals surface area contributed by atoms with Crippen LogP contribution in [0.2, 0.25) is 0 Å². The van der Waals surface area contributed by atoms with Crippen molar-refractivity contribution in [1.82, 2.24) is 4.90 Å². The number of carbonyl (C=O) groups is 3. The van der Waals surface area contributed by atoms with Crippen LogP contribution in [0.25, 0.3) is 0 Å². The van der Waals surface area contributed by atoms with E-state index in [2.05, 4.69) is 0 Å². The fraction of sp³-hybridized carbons (Fsp3) is 0.545. The molecule has 2 saturated heterocycles. The Labute approximate surface area is 108 Å². The molecule has 2 fully saturated rings. The maximum Gasteiger partial charge on any atom is 0.334 e. The molecule has 2 rings (SSSR count). The summed E-state index contributed by atoms with van der Waals surface area (Å²) >= 11 is 0. The highest BCUT2D eigenvalue weighted by Gasteiger charge is 2.53. The van der Waals surface area contributed by atoms with E-state index in [1.54, 1.807) is 0 Å². The molecule has 0 aromatic heterocycles. The summed E-state index contributed by atoms with van der Waals surface area (Å²) in [6.45, 7) is -0.472. The first-order chi connectivity index (χ1) is 9.04. The van der Waals surface area contributed by atoms with Crippen LogP contribution < -0.4 is 0 Å². The zero-order valence-electron chi connectivity index (χ0n) is 9.94. The number of carboxylic acid groups (broad SMARTS) is 1. The minimum absolute atomic E-state index is 0.0974. The Hall–Kier alpha value is -2.09. The number of carbonyl (C=O) groups excluding carboxylic acids is 2. The number of fused-ring (bicyclic) bond motifs is 1. The van der Waals surface area contributed by atoms with E-state index in [1.807, 2.05) is 0 Å². The summed E-state index contributed by atoms with van der Waals surface area (Å²) in [7, 11) is 0. The number of aliphatic carboxylic acids is 1. The number of nitrogens with zero attached hydrogens (tertiary/aromatic N) is 1. The average molecular weight is 271 g/mol. The number of esters is 1. The number of aliphatic hydroxyl groups is 1. The van der Waals surface area contributed by atoms with Gasteiger partial charge in [0.25, 0.3) is 0 Å². The second-order valence-electron chi connectivity index (χ2n) is 4.08. The number of rotatable bonds is 5. The van der Waals surface area contributed by atoms with E-state index >= 15 is 0 Å². The molecular weight excluding hydrogens is 258 g/mol. The fourth-order valence-electron chi connectivity index (χ4n) is 1.95. The molecule has 1 amide bonds. The van der Waals surface area contributed by atoms with Gasteiger partial charge in [0.1, 0.15) is 12.4 Å². The fourth-order valence-corrected chi connectivity index (χ4v) is 1.95. The molecule has 8 nitrogen and oxygen atoms in total. The second-order valence-corrected chi connectivity index (χ2v) is 4.08. The first-order valence-corrected chi connectivity index (χ1v) is 5.71. The zero-order valence-corrected chi connectivity index (χ0v) is 9.94. The largest absolute Gasteiger partial charge is 0.479 e. The Kier molecular flexibility index (Phi) is 3.70. The van der Waals surface area contributed by atoms with Gasteiger partial charge in [0.15, 0.2) is 12.3 Å². The Morgan fingerprint density at radius 3 is 2.84 bits per heavy atom. The minimum atomic E-state index is -1.19. The van der Waals surface area contributed by atoms with Crippen molar-refractivity contribution in [2.75, 3.05) is 13.2 Å². The molecule has 2 aliphatic heterocycles. The molecule has 0 aromatic rings. The summed E-state index contributed by atoms with van der Waals surface area (Å²) in [4.78, 5) is 34.5. The summed E-state index contributed by atoms with van der Waals surface area (Å²) in [5, 5.41) is 17.6. The molecule has 0 aromatic carbocycles. The molecule has 2 atom stereocenters. The van der Waals surface area contributed by atoms with Gasteiger partial charge in [-0.1, -0.05) is 0 Å². The lowest BCUT2D eigenvalue weighted by molar-refractivity contribution is -0.163. The number of aliphatic hydroxyl groups excluding tert-OH is 1. The molecule has 0 unspecified atom stereocenters. The maximum absolute atomic E-state index is 11.3. The van der Waals surface area contributed by atoms with Gasteiger partial charge in [0, 0.05) is 0 Å². The van der Waals surface area contributed by atoms with Gasteiger partial charge in [0.05, 0.1) is 19.4 Å². The number of β-lactam (4-membered cyclic amide) rings is 1. The van der Waals surface area contributed by atoms with Gasteiger partial charge in [0.2, 0.25) is 5.91 Å². The van der Waals surface area contributed by atoms with Crippen molar-refractivity contribution in [3.05, 3.63) is 11.8 Å². The number of carboxylic acids is 1. The lowest BCUT2D eigenvalue weighted by Gasteiger charge is -2.33. The van der Waals surface area contributed by atoms with Crippen molar-refractivity contribution >= 4 is 17.8 Å². The van der Waals surface area contributed by atoms with Crippen molar-refractivity contribution in [3.63, 3.8) is 0 Å². The molecular formula is C11H13NO7. The Balaban J connectivity index is 1.97. The number of hydrogen-bond donors (Lipinski definition) is 2. The first-order valence-electron chi connectivity index (χ1n) is 5.71. The van der Waals surface area contributed by atoms with Crippen LogP contribution in [0.4, 0.5) is 0 Å². The van der Waals surface area contributed by atoms with Gasteiger partial charge in [-0.05, 0) is 6.08 Å². The smallest absolute Gasteiger partial charge is 0.334 e. The van der Waals surface area contributed by atoms with E-state index in [0.717, 1.165) is 4.90 Å². The molecule has 0 radical (unpaired) electrons. The van der Waals surface area contributed by atoms with Crippen molar-refractivity contribution < 1.29 is 34.1 Å². The molecule has 2 heterocycles. The molecule has 0 bridgehead atoms. The molecule has 19 heavy (non-hydrogen) atoms. The van der Waals surface area contributed by atoms with Crippen molar-refractivity contribution in [2.24, 2.45) is 0 Å². The molecule has 2 N–H and O–H groups in total. The quantitative estimate of drug-likeness (QED) is 0.478. The van der Waals surface area contributed by atoms with Crippen LogP contribution in [0.3, 0.4) is 0 Å². The highest BCUT2D eigenvalue weighted by atomic mass is 16.5. The van der Waals surface area contributed by atoms with Gasteiger partial charge in [-0.2, -0.15) is 0 Å². The standard InChI is InChI=1S/C11H13NO7/c13-3-1-9(15)18-4-2-6-10(11(16)17)12-7(14)5-8(12)19-6/h2,8,10,13H,1,3-5H2,(H,16,17)/b6-2-/t8-,10-/m1/s1. The molecule has 0 spiro atoms. The highest BCUT2D eigenvalue weighted by molar-refractivity contribution is 5.91. The SMILES string of the molecule is O=C(CCO)OC/C=C1\O[C@@H]2CC(=O)N2[C@H]1C(=O)O. The molecule has 2 aliphatic rings.